The molecular formula is C17H20N2O4S. The Morgan fingerprint density at radius 3 is 2.46 bits per heavy atom. The van der Waals surface area contributed by atoms with Crippen LogP contribution in [-0.4, -0.2) is 28.0 Å². The molecule has 24 heavy (non-hydrogen) atoms. The van der Waals surface area contributed by atoms with Crippen molar-refractivity contribution in [1.82, 2.24) is 4.72 Å². The van der Waals surface area contributed by atoms with Crippen molar-refractivity contribution in [3.05, 3.63) is 54.1 Å². The van der Waals surface area contributed by atoms with Gasteiger partial charge in [-0.15, -0.1) is 0 Å². The number of nitrogens with one attached hydrogen (secondary N) is 2. The summed E-state index contributed by atoms with van der Waals surface area (Å²) < 4.78 is 32.2. The molecule has 0 saturated heterocycles. The number of anilines is 1. The van der Waals surface area contributed by atoms with Crippen LogP contribution in [0.5, 0.6) is 5.75 Å². The molecule has 0 radical (unpaired) electrons. The molecule has 0 aliphatic rings. The summed E-state index contributed by atoms with van der Waals surface area (Å²) in [6.45, 7) is 1.65. The molecule has 0 aliphatic carbocycles. The second-order valence-corrected chi connectivity index (χ2v) is 6.94. The number of ether oxygens (including phenoxy) is 1. The summed E-state index contributed by atoms with van der Waals surface area (Å²) in [5.74, 6) is 0.471. The zero-order valence-corrected chi connectivity index (χ0v) is 14.4. The smallest absolute Gasteiger partial charge is 0.240 e. The average molecular weight is 348 g/mol. The maximum Gasteiger partial charge on any atom is 0.240 e. The lowest BCUT2D eigenvalue weighted by molar-refractivity contribution is -0.114. The van der Waals surface area contributed by atoms with Crippen LogP contribution in [0.15, 0.2) is 53.4 Å². The highest BCUT2D eigenvalue weighted by molar-refractivity contribution is 7.89. The van der Waals surface area contributed by atoms with Gasteiger partial charge in [0.1, 0.15) is 5.75 Å². The molecule has 7 heteroatoms. The van der Waals surface area contributed by atoms with Crippen LogP contribution in [-0.2, 0) is 21.2 Å². The fourth-order valence-corrected chi connectivity index (χ4v) is 3.31. The van der Waals surface area contributed by atoms with Crippen LogP contribution in [0, 0.1) is 0 Å². The first-order chi connectivity index (χ1) is 11.4. The monoisotopic (exact) mass is 348 g/mol. The maximum atomic E-state index is 12.2. The molecule has 2 aromatic carbocycles. The van der Waals surface area contributed by atoms with E-state index in [1.807, 2.05) is 0 Å². The highest BCUT2D eigenvalue weighted by Crippen LogP contribution is 2.23. The quantitative estimate of drug-likeness (QED) is 0.803. The second-order valence-electron chi connectivity index (χ2n) is 5.17. The van der Waals surface area contributed by atoms with E-state index in [0.717, 1.165) is 5.56 Å². The molecule has 1 amide bonds. The second kappa shape index (κ2) is 7.94. The first-order valence-electron chi connectivity index (χ1n) is 7.41. The Balaban J connectivity index is 2.07. The Bertz CT molecular complexity index is 805. The predicted octanol–water partition coefficient (Wildman–Crippen LogP) is 2.17. The van der Waals surface area contributed by atoms with Crippen LogP contribution < -0.4 is 14.8 Å². The van der Waals surface area contributed by atoms with Crippen LogP contribution in [0.2, 0.25) is 0 Å². The van der Waals surface area contributed by atoms with Crippen molar-refractivity contribution < 1.29 is 17.9 Å². The third-order valence-corrected chi connectivity index (χ3v) is 4.82. The lowest BCUT2D eigenvalue weighted by atomic mass is 10.1. The number of hydrogen-bond acceptors (Lipinski definition) is 4. The summed E-state index contributed by atoms with van der Waals surface area (Å²) in [5.41, 5.74) is 1.45. The van der Waals surface area contributed by atoms with E-state index < -0.39 is 10.0 Å². The molecular weight excluding hydrogens is 328 g/mol. The van der Waals surface area contributed by atoms with Crippen molar-refractivity contribution in [3.8, 4) is 5.75 Å². The van der Waals surface area contributed by atoms with Crippen molar-refractivity contribution >= 4 is 21.6 Å². The highest BCUT2D eigenvalue weighted by Gasteiger charge is 2.13. The van der Waals surface area contributed by atoms with E-state index in [2.05, 4.69) is 10.0 Å². The topological polar surface area (TPSA) is 84.5 Å². The normalized spacial score (nSPS) is 11.1. The van der Waals surface area contributed by atoms with Gasteiger partial charge in [-0.3, -0.25) is 4.79 Å². The molecule has 0 heterocycles. The van der Waals surface area contributed by atoms with Gasteiger partial charge in [-0.1, -0.05) is 18.2 Å². The fraction of sp³-hybridized carbons (Fsp3) is 0.235. The molecule has 0 aliphatic heterocycles. The van der Waals surface area contributed by atoms with E-state index in [1.165, 1.54) is 6.92 Å². The minimum atomic E-state index is -3.54. The molecule has 0 atom stereocenters. The number of amides is 1. The van der Waals surface area contributed by atoms with E-state index in [-0.39, 0.29) is 17.3 Å². The van der Waals surface area contributed by atoms with Crippen molar-refractivity contribution in [2.24, 2.45) is 0 Å². The number of sulfonamides is 1. The third kappa shape index (κ3) is 4.81. The standard InChI is InChI=1S/C17H20N2O4S/c1-13(20)19-15-8-9-17(23-2)14(12-15)10-11-18-24(21,22)16-6-4-3-5-7-16/h3-9,12,18H,10-11H2,1-2H3,(H,19,20). The number of carbonyl (C=O) groups excluding carboxylic acids is 1. The van der Waals surface area contributed by atoms with Gasteiger partial charge in [-0.2, -0.15) is 0 Å². The SMILES string of the molecule is COc1ccc(NC(C)=O)cc1CCNS(=O)(=O)c1ccccc1. The van der Waals surface area contributed by atoms with Gasteiger partial charge in [-0.25, -0.2) is 13.1 Å². The number of carbonyl (C=O) groups is 1. The van der Waals surface area contributed by atoms with E-state index in [4.69, 9.17) is 4.74 Å². The Labute approximate surface area is 141 Å². The first-order valence-corrected chi connectivity index (χ1v) is 8.90. The lowest BCUT2D eigenvalue weighted by Gasteiger charge is -2.12. The van der Waals surface area contributed by atoms with E-state index in [9.17, 15) is 13.2 Å². The summed E-state index contributed by atoms with van der Waals surface area (Å²) in [4.78, 5) is 11.4. The minimum absolute atomic E-state index is 0.170. The largest absolute Gasteiger partial charge is 0.496 e. The summed E-state index contributed by atoms with van der Waals surface area (Å²) in [6.07, 6.45) is 0.433. The van der Waals surface area contributed by atoms with Gasteiger partial charge in [0.25, 0.3) is 0 Å². The van der Waals surface area contributed by atoms with Crippen LogP contribution in [0.25, 0.3) is 0 Å². The van der Waals surface area contributed by atoms with E-state index in [0.29, 0.717) is 17.9 Å². The summed E-state index contributed by atoms with van der Waals surface area (Å²) in [6, 6.07) is 13.4. The van der Waals surface area contributed by atoms with Crippen molar-refractivity contribution in [3.63, 3.8) is 0 Å². The lowest BCUT2D eigenvalue weighted by Crippen LogP contribution is -2.26. The zero-order valence-electron chi connectivity index (χ0n) is 13.6. The molecule has 6 nitrogen and oxygen atoms in total. The van der Waals surface area contributed by atoms with Gasteiger partial charge in [0, 0.05) is 19.2 Å². The van der Waals surface area contributed by atoms with Crippen molar-refractivity contribution in [2.75, 3.05) is 19.0 Å². The number of benzene rings is 2. The Morgan fingerprint density at radius 2 is 1.83 bits per heavy atom. The third-order valence-electron chi connectivity index (χ3n) is 3.34. The summed E-state index contributed by atoms with van der Waals surface area (Å²) in [5, 5.41) is 2.70. The predicted molar refractivity (Wildman–Crippen MR) is 92.6 cm³/mol. The van der Waals surface area contributed by atoms with Gasteiger partial charge in [-0.05, 0) is 42.3 Å². The van der Waals surface area contributed by atoms with Gasteiger partial charge >= 0.3 is 0 Å². The molecule has 2 rings (SSSR count). The van der Waals surface area contributed by atoms with Gasteiger partial charge in [0.2, 0.25) is 15.9 Å². The Kier molecular flexibility index (Phi) is 5.94. The van der Waals surface area contributed by atoms with Crippen molar-refractivity contribution in [1.29, 1.82) is 0 Å². The molecule has 2 N–H and O–H groups in total. The molecule has 0 saturated carbocycles. The Morgan fingerprint density at radius 1 is 1.12 bits per heavy atom. The fourth-order valence-electron chi connectivity index (χ4n) is 2.26. The van der Waals surface area contributed by atoms with Crippen LogP contribution >= 0.6 is 0 Å². The minimum Gasteiger partial charge on any atom is -0.496 e. The first kappa shape index (κ1) is 18.0. The molecule has 0 unspecified atom stereocenters. The average Bonchev–Trinajstić information content (AvgIpc) is 2.55. The summed E-state index contributed by atoms with van der Waals surface area (Å²) >= 11 is 0. The van der Waals surface area contributed by atoms with Crippen LogP contribution in [0.3, 0.4) is 0 Å². The molecule has 0 fully saturated rings. The van der Waals surface area contributed by atoms with Gasteiger partial charge in [0.05, 0.1) is 12.0 Å². The molecule has 2 aromatic rings. The van der Waals surface area contributed by atoms with Crippen molar-refractivity contribution in [2.45, 2.75) is 18.2 Å². The molecule has 0 spiro atoms. The number of hydrogen-bond donors (Lipinski definition) is 2. The van der Waals surface area contributed by atoms with Crippen LogP contribution in [0.4, 0.5) is 5.69 Å². The van der Waals surface area contributed by atoms with Gasteiger partial charge in [0.15, 0.2) is 0 Å². The van der Waals surface area contributed by atoms with Gasteiger partial charge < -0.3 is 10.1 Å². The zero-order chi connectivity index (χ0) is 17.6. The summed E-state index contributed by atoms with van der Waals surface area (Å²) in [7, 11) is -1.99. The molecule has 128 valence electrons. The van der Waals surface area contributed by atoms with Crippen LogP contribution in [0.1, 0.15) is 12.5 Å². The van der Waals surface area contributed by atoms with E-state index in [1.54, 1.807) is 55.6 Å². The van der Waals surface area contributed by atoms with E-state index >= 15 is 0 Å². The maximum absolute atomic E-state index is 12.2. The Hall–Kier alpha value is -2.38. The molecule has 0 bridgehead atoms. The molecule has 0 aromatic heterocycles. The highest BCUT2D eigenvalue weighted by atomic mass is 32.2. The number of methoxy groups -OCH3 is 1. The number of rotatable bonds is 7.